The molecule has 0 radical (unpaired) electrons. The lowest BCUT2D eigenvalue weighted by molar-refractivity contribution is 0.360. The molecule has 0 aliphatic rings. The molecule has 0 N–H and O–H groups in total. The molecular formula is C26H30O3. The van der Waals surface area contributed by atoms with Gasteiger partial charge in [-0.15, -0.1) is 0 Å². The van der Waals surface area contributed by atoms with E-state index >= 15 is 0 Å². The molecular weight excluding hydrogens is 360 g/mol. The van der Waals surface area contributed by atoms with Gasteiger partial charge in [-0.05, 0) is 56.0 Å². The molecule has 0 aliphatic carbocycles. The second kappa shape index (κ2) is 10.1. The van der Waals surface area contributed by atoms with Gasteiger partial charge < -0.3 is 9.15 Å². The van der Waals surface area contributed by atoms with Crippen molar-refractivity contribution in [3.05, 3.63) is 81.2 Å². The molecule has 0 unspecified atom stereocenters. The highest BCUT2D eigenvalue weighted by atomic mass is 16.5. The summed E-state index contributed by atoms with van der Waals surface area (Å²) in [6.07, 6.45) is 9.37. The Hall–Kier alpha value is -2.81. The van der Waals surface area contributed by atoms with Gasteiger partial charge in [0, 0.05) is 16.5 Å². The second-order valence-electron chi connectivity index (χ2n) is 7.49. The Morgan fingerprint density at radius 2 is 1.76 bits per heavy atom. The fourth-order valence-corrected chi connectivity index (χ4v) is 3.63. The predicted molar refractivity (Wildman–Crippen MR) is 121 cm³/mol. The SMILES string of the molecule is CCCCCCc1c(C)c2ccc(OC/C=C/c3ccccc3)c(C)c2oc1=O. The number of ether oxygens (including phenoxy) is 1. The third kappa shape index (κ3) is 5.17. The van der Waals surface area contributed by atoms with Crippen LogP contribution >= 0.6 is 0 Å². The third-order valence-corrected chi connectivity index (χ3v) is 5.38. The number of benzene rings is 2. The van der Waals surface area contributed by atoms with Crippen molar-refractivity contribution >= 4 is 17.0 Å². The van der Waals surface area contributed by atoms with Crippen LogP contribution in [0.3, 0.4) is 0 Å². The predicted octanol–water partition coefficient (Wildman–Crippen LogP) is 6.62. The van der Waals surface area contributed by atoms with Crippen molar-refractivity contribution in [1.82, 2.24) is 0 Å². The fraction of sp³-hybridized carbons (Fsp3) is 0.346. The van der Waals surface area contributed by atoms with Gasteiger partial charge in [-0.1, -0.05) is 62.6 Å². The highest BCUT2D eigenvalue weighted by Crippen LogP contribution is 2.29. The molecule has 2 aromatic carbocycles. The molecule has 1 aromatic heterocycles. The molecule has 3 rings (SSSR count). The summed E-state index contributed by atoms with van der Waals surface area (Å²) in [4.78, 5) is 12.6. The normalized spacial score (nSPS) is 11.4. The van der Waals surface area contributed by atoms with E-state index in [2.05, 4.69) is 19.1 Å². The zero-order valence-corrected chi connectivity index (χ0v) is 17.7. The molecule has 0 saturated heterocycles. The highest BCUT2D eigenvalue weighted by molar-refractivity contribution is 5.85. The van der Waals surface area contributed by atoms with Crippen molar-refractivity contribution in [2.24, 2.45) is 0 Å². The first kappa shape index (κ1) is 20.9. The van der Waals surface area contributed by atoms with Crippen molar-refractivity contribution in [2.75, 3.05) is 6.61 Å². The van der Waals surface area contributed by atoms with E-state index in [1.54, 1.807) is 0 Å². The molecule has 0 atom stereocenters. The Morgan fingerprint density at radius 1 is 0.966 bits per heavy atom. The van der Waals surface area contributed by atoms with Gasteiger partial charge in [0.15, 0.2) is 0 Å². The second-order valence-corrected chi connectivity index (χ2v) is 7.49. The summed E-state index contributed by atoms with van der Waals surface area (Å²) < 4.78 is 11.6. The average molecular weight is 391 g/mol. The Labute approximate surface area is 173 Å². The van der Waals surface area contributed by atoms with Crippen LogP contribution in [0, 0.1) is 13.8 Å². The lowest BCUT2D eigenvalue weighted by Crippen LogP contribution is -2.11. The number of fused-ring (bicyclic) bond motifs is 1. The number of hydrogen-bond acceptors (Lipinski definition) is 3. The topological polar surface area (TPSA) is 39.4 Å². The third-order valence-electron chi connectivity index (χ3n) is 5.38. The van der Waals surface area contributed by atoms with Gasteiger partial charge >= 0.3 is 5.63 Å². The van der Waals surface area contributed by atoms with Gasteiger partial charge in [-0.2, -0.15) is 0 Å². The number of rotatable bonds is 9. The van der Waals surface area contributed by atoms with Gasteiger partial charge in [0.25, 0.3) is 0 Å². The van der Waals surface area contributed by atoms with Gasteiger partial charge in [-0.25, -0.2) is 4.79 Å². The van der Waals surface area contributed by atoms with E-state index < -0.39 is 0 Å². The van der Waals surface area contributed by atoms with Crippen LogP contribution in [0.25, 0.3) is 17.0 Å². The Kier molecular flexibility index (Phi) is 7.29. The first-order valence-electron chi connectivity index (χ1n) is 10.5. The van der Waals surface area contributed by atoms with E-state index in [1.807, 2.05) is 56.3 Å². The van der Waals surface area contributed by atoms with E-state index in [0.29, 0.717) is 12.2 Å². The van der Waals surface area contributed by atoms with Crippen molar-refractivity contribution in [2.45, 2.75) is 52.9 Å². The standard InChI is InChI=1S/C26H30O3/c1-4-5-6-10-15-23-19(2)22-16-17-24(20(3)25(22)29-26(23)27)28-18-11-14-21-12-8-7-9-13-21/h7-9,11-14,16-17H,4-6,10,15,18H2,1-3H3/b14-11+. The van der Waals surface area contributed by atoms with Gasteiger partial charge in [-0.3, -0.25) is 0 Å². The smallest absolute Gasteiger partial charge is 0.339 e. The summed E-state index contributed by atoms with van der Waals surface area (Å²) in [6, 6.07) is 14.1. The maximum atomic E-state index is 12.6. The quantitative estimate of drug-likeness (QED) is 0.304. The molecule has 0 fully saturated rings. The lowest BCUT2D eigenvalue weighted by Gasteiger charge is -2.12. The first-order chi connectivity index (χ1) is 14.1. The zero-order valence-electron chi connectivity index (χ0n) is 17.7. The summed E-state index contributed by atoms with van der Waals surface area (Å²) >= 11 is 0. The molecule has 0 bridgehead atoms. The van der Waals surface area contributed by atoms with E-state index in [9.17, 15) is 4.79 Å². The monoisotopic (exact) mass is 390 g/mol. The fourth-order valence-electron chi connectivity index (χ4n) is 3.63. The number of unbranched alkanes of at least 4 members (excludes halogenated alkanes) is 3. The molecule has 0 amide bonds. The maximum absolute atomic E-state index is 12.6. The van der Waals surface area contributed by atoms with Crippen LogP contribution in [-0.4, -0.2) is 6.61 Å². The molecule has 152 valence electrons. The van der Waals surface area contributed by atoms with Crippen molar-refractivity contribution < 1.29 is 9.15 Å². The van der Waals surface area contributed by atoms with Gasteiger partial charge in [0.1, 0.15) is 17.9 Å². The maximum Gasteiger partial charge on any atom is 0.339 e. The van der Waals surface area contributed by atoms with Crippen LogP contribution in [-0.2, 0) is 6.42 Å². The summed E-state index contributed by atoms with van der Waals surface area (Å²) in [5.41, 5.74) is 4.27. The minimum atomic E-state index is -0.212. The lowest BCUT2D eigenvalue weighted by atomic mass is 9.99. The van der Waals surface area contributed by atoms with Crippen LogP contribution in [0.5, 0.6) is 5.75 Å². The van der Waals surface area contributed by atoms with Gasteiger partial charge in [0.05, 0.1) is 0 Å². The van der Waals surface area contributed by atoms with Crippen LogP contribution in [0.1, 0.15) is 54.9 Å². The van der Waals surface area contributed by atoms with Crippen molar-refractivity contribution in [3.8, 4) is 5.75 Å². The van der Waals surface area contributed by atoms with E-state index in [4.69, 9.17) is 9.15 Å². The molecule has 3 aromatic rings. The van der Waals surface area contributed by atoms with Crippen LogP contribution < -0.4 is 10.4 Å². The average Bonchev–Trinajstić information content (AvgIpc) is 2.73. The van der Waals surface area contributed by atoms with Gasteiger partial charge in [0.2, 0.25) is 0 Å². The minimum Gasteiger partial charge on any atom is -0.489 e. The van der Waals surface area contributed by atoms with Crippen LogP contribution in [0.2, 0.25) is 0 Å². The van der Waals surface area contributed by atoms with Crippen molar-refractivity contribution in [3.63, 3.8) is 0 Å². The molecule has 3 heteroatoms. The van der Waals surface area contributed by atoms with E-state index in [1.165, 1.54) is 12.8 Å². The summed E-state index contributed by atoms with van der Waals surface area (Å²) in [6.45, 7) is 6.62. The molecule has 1 heterocycles. The Balaban J connectivity index is 1.76. The van der Waals surface area contributed by atoms with Crippen LogP contribution in [0.4, 0.5) is 0 Å². The molecule has 0 spiro atoms. The number of aryl methyl sites for hydroxylation is 2. The molecule has 0 aliphatic heterocycles. The van der Waals surface area contributed by atoms with Crippen LogP contribution in [0.15, 0.2) is 57.8 Å². The first-order valence-corrected chi connectivity index (χ1v) is 10.5. The summed E-state index contributed by atoms with van der Waals surface area (Å²) in [7, 11) is 0. The molecule has 3 nitrogen and oxygen atoms in total. The highest BCUT2D eigenvalue weighted by Gasteiger charge is 2.14. The number of hydrogen-bond donors (Lipinski definition) is 0. The van der Waals surface area contributed by atoms with E-state index in [0.717, 1.165) is 52.7 Å². The Morgan fingerprint density at radius 3 is 2.52 bits per heavy atom. The summed E-state index contributed by atoms with van der Waals surface area (Å²) in [5, 5.41) is 1.000. The van der Waals surface area contributed by atoms with Crippen molar-refractivity contribution in [1.29, 1.82) is 0 Å². The minimum absolute atomic E-state index is 0.212. The van der Waals surface area contributed by atoms with E-state index in [-0.39, 0.29) is 5.63 Å². The largest absolute Gasteiger partial charge is 0.489 e. The Bertz CT molecular complexity index is 1030. The molecule has 29 heavy (non-hydrogen) atoms. The molecule has 0 saturated carbocycles. The summed E-state index contributed by atoms with van der Waals surface area (Å²) in [5.74, 6) is 0.744. The zero-order chi connectivity index (χ0) is 20.6.